The molecule has 2 N–H and O–H groups in total. The highest BCUT2D eigenvalue weighted by Gasteiger charge is 2.32. The van der Waals surface area contributed by atoms with Crippen LogP contribution in [-0.4, -0.2) is 35.2 Å². The van der Waals surface area contributed by atoms with Gasteiger partial charge < -0.3 is 10.6 Å². The van der Waals surface area contributed by atoms with Gasteiger partial charge in [-0.1, -0.05) is 17.7 Å². The normalized spacial score (nSPS) is 26.4. The third kappa shape index (κ3) is 3.85. The zero-order valence-corrected chi connectivity index (χ0v) is 14.1. The molecular weight excluding hydrogens is 292 g/mol. The minimum atomic E-state index is 0.191. The van der Waals surface area contributed by atoms with E-state index in [-0.39, 0.29) is 12.0 Å². The first-order valence-corrected chi connectivity index (χ1v) is 9.27. The van der Waals surface area contributed by atoms with E-state index < -0.39 is 0 Å². The largest absolute Gasteiger partial charge is 0.342 e. The maximum absolute atomic E-state index is 12.5. The van der Waals surface area contributed by atoms with Gasteiger partial charge in [0.2, 0.25) is 5.91 Å². The van der Waals surface area contributed by atoms with E-state index in [9.17, 15) is 4.79 Å². The predicted octanol–water partition coefficient (Wildman–Crippen LogP) is 3.21. The van der Waals surface area contributed by atoms with Crippen molar-refractivity contribution in [1.29, 1.82) is 0 Å². The Morgan fingerprint density at radius 2 is 2.00 bits per heavy atom. The highest BCUT2D eigenvalue weighted by molar-refractivity contribution is 8.00. The molecule has 0 bridgehead atoms. The second-order valence-electron chi connectivity index (χ2n) is 6.73. The first kappa shape index (κ1) is 15.9. The lowest BCUT2D eigenvalue weighted by molar-refractivity contribution is -0.136. The Kier molecular flexibility index (Phi) is 5.09. The van der Waals surface area contributed by atoms with Gasteiger partial charge in [0.25, 0.3) is 0 Å². The van der Waals surface area contributed by atoms with Gasteiger partial charge in [0, 0.05) is 35.2 Å². The minimum Gasteiger partial charge on any atom is -0.342 e. The van der Waals surface area contributed by atoms with E-state index in [4.69, 9.17) is 5.73 Å². The van der Waals surface area contributed by atoms with Crippen molar-refractivity contribution in [1.82, 2.24) is 4.90 Å². The van der Waals surface area contributed by atoms with Crippen LogP contribution in [0.2, 0.25) is 0 Å². The second-order valence-corrected chi connectivity index (χ2v) is 8.10. The molecule has 3 nitrogen and oxygen atoms in total. The average molecular weight is 318 g/mol. The van der Waals surface area contributed by atoms with Crippen molar-refractivity contribution in [3.63, 3.8) is 0 Å². The molecule has 4 heteroatoms. The quantitative estimate of drug-likeness (QED) is 0.931. The van der Waals surface area contributed by atoms with Crippen LogP contribution in [-0.2, 0) is 4.79 Å². The lowest BCUT2D eigenvalue weighted by atomic mass is 10.0. The number of piperidine rings is 1. The van der Waals surface area contributed by atoms with Crippen molar-refractivity contribution in [3.05, 3.63) is 29.8 Å². The number of benzene rings is 1. The van der Waals surface area contributed by atoms with Crippen molar-refractivity contribution in [3.8, 4) is 0 Å². The molecule has 2 fully saturated rings. The van der Waals surface area contributed by atoms with Gasteiger partial charge in [0.15, 0.2) is 0 Å². The van der Waals surface area contributed by atoms with E-state index in [0.717, 1.165) is 45.2 Å². The molecule has 1 amide bonds. The molecule has 0 spiro atoms. The van der Waals surface area contributed by atoms with Crippen LogP contribution in [0.1, 0.15) is 37.7 Å². The summed E-state index contributed by atoms with van der Waals surface area (Å²) in [4.78, 5) is 16.0. The summed E-state index contributed by atoms with van der Waals surface area (Å²) in [5, 5.41) is 0.636. The van der Waals surface area contributed by atoms with Crippen molar-refractivity contribution in [2.75, 3.05) is 13.1 Å². The smallest absolute Gasteiger partial charge is 0.225 e. The zero-order chi connectivity index (χ0) is 15.5. The fraction of sp³-hybridized carbons (Fsp3) is 0.611. The van der Waals surface area contributed by atoms with E-state index in [0.29, 0.717) is 11.2 Å². The fourth-order valence-corrected chi connectivity index (χ4v) is 4.82. The van der Waals surface area contributed by atoms with Crippen LogP contribution in [0.15, 0.2) is 29.2 Å². The van der Waals surface area contributed by atoms with Crippen molar-refractivity contribution in [2.24, 2.45) is 11.7 Å². The SMILES string of the molecule is Cc1cccc(SC2CCN(C(=O)[C@H]3CC[C@@H](N)C3)CC2)c1. The lowest BCUT2D eigenvalue weighted by Crippen LogP contribution is -2.42. The molecule has 0 unspecified atom stereocenters. The molecule has 1 saturated carbocycles. The van der Waals surface area contributed by atoms with E-state index in [2.05, 4.69) is 36.1 Å². The Hall–Kier alpha value is -1.00. The first-order valence-electron chi connectivity index (χ1n) is 8.39. The van der Waals surface area contributed by atoms with Gasteiger partial charge in [-0.15, -0.1) is 11.8 Å². The van der Waals surface area contributed by atoms with Gasteiger partial charge in [0.05, 0.1) is 0 Å². The summed E-state index contributed by atoms with van der Waals surface area (Å²) in [6.45, 7) is 3.96. The third-order valence-electron chi connectivity index (χ3n) is 4.87. The Morgan fingerprint density at radius 1 is 1.23 bits per heavy atom. The minimum absolute atomic E-state index is 0.191. The van der Waals surface area contributed by atoms with Crippen LogP contribution in [0.3, 0.4) is 0 Å². The van der Waals surface area contributed by atoms with Gasteiger partial charge in [0.1, 0.15) is 0 Å². The number of likely N-dealkylation sites (tertiary alicyclic amines) is 1. The highest BCUT2D eigenvalue weighted by Crippen LogP contribution is 2.32. The van der Waals surface area contributed by atoms with E-state index >= 15 is 0 Å². The van der Waals surface area contributed by atoms with Gasteiger partial charge in [-0.25, -0.2) is 0 Å². The number of rotatable bonds is 3. The van der Waals surface area contributed by atoms with Crippen LogP contribution >= 0.6 is 11.8 Å². The molecule has 2 aliphatic rings. The molecule has 0 aromatic heterocycles. The van der Waals surface area contributed by atoms with Gasteiger partial charge in [-0.05, 0) is 51.2 Å². The Balaban J connectivity index is 1.49. The number of aryl methyl sites for hydroxylation is 1. The van der Waals surface area contributed by atoms with E-state index in [1.165, 1.54) is 10.5 Å². The molecule has 1 aliphatic carbocycles. The number of carbonyl (C=O) groups is 1. The summed E-state index contributed by atoms with van der Waals surface area (Å²) < 4.78 is 0. The molecule has 1 aromatic carbocycles. The maximum atomic E-state index is 12.5. The van der Waals surface area contributed by atoms with Gasteiger partial charge in [-0.3, -0.25) is 4.79 Å². The van der Waals surface area contributed by atoms with Crippen LogP contribution in [0.4, 0.5) is 0 Å². The number of nitrogens with two attached hydrogens (primary N) is 1. The summed E-state index contributed by atoms with van der Waals surface area (Å²) >= 11 is 1.97. The summed E-state index contributed by atoms with van der Waals surface area (Å²) in [7, 11) is 0. The molecule has 1 heterocycles. The molecule has 3 rings (SSSR count). The van der Waals surface area contributed by atoms with Gasteiger partial charge >= 0.3 is 0 Å². The number of nitrogens with zero attached hydrogens (tertiary/aromatic N) is 1. The Bertz CT molecular complexity index is 526. The topological polar surface area (TPSA) is 46.3 Å². The number of hydrogen-bond acceptors (Lipinski definition) is 3. The number of carbonyl (C=O) groups excluding carboxylic acids is 1. The van der Waals surface area contributed by atoms with E-state index in [1.807, 2.05) is 11.8 Å². The summed E-state index contributed by atoms with van der Waals surface area (Å²) in [6.07, 6.45) is 5.08. The molecule has 1 saturated heterocycles. The predicted molar refractivity (Wildman–Crippen MR) is 92.0 cm³/mol. The summed E-state index contributed by atoms with van der Waals surface area (Å²) in [5.41, 5.74) is 7.25. The molecule has 0 radical (unpaired) electrons. The van der Waals surface area contributed by atoms with Crippen molar-refractivity contribution in [2.45, 2.75) is 55.2 Å². The monoisotopic (exact) mass is 318 g/mol. The van der Waals surface area contributed by atoms with Crippen molar-refractivity contribution < 1.29 is 4.79 Å². The fourth-order valence-electron chi connectivity index (χ4n) is 3.57. The number of hydrogen-bond donors (Lipinski definition) is 1. The average Bonchev–Trinajstić information content (AvgIpc) is 2.94. The second kappa shape index (κ2) is 7.05. The highest BCUT2D eigenvalue weighted by atomic mass is 32.2. The Labute approximate surface area is 137 Å². The molecule has 2 atom stereocenters. The van der Waals surface area contributed by atoms with E-state index in [1.54, 1.807) is 0 Å². The molecule has 22 heavy (non-hydrogen) atoms. The lowest BCUT2D eigenvalue weighted by Gasteiger charge is -2.33. The van der Waals surface area contributed by atoms with Crippen LogP contribution in [0.5, 0.6) is 0 Å². The molecular formula is C18H26N2OS. The van der Waals surface area contributed by atoms with Crippen LogP contribution in [0.25, 0.3) is 0 Å². The van der Waals surface area contributed by atoms with Crippen LogP contribution in [0, 0.1) is 12.8 Å². The van der Waals surface area contributed by atoms with Crippen molar-refractivity contribution >= 4 is 17.7 Å². The third-order valence-corrected chi connectivity index (χ3v) is 6.20. The molecule has 1 aliphatic heterocycles. The molecule has 120 valence electrons. The van der Waals surface area contributed by atoms with Gasteiger partial charge in [-0.2, -0.15) is 0 Å². The summed E-state index contributed by atoms with van der Waals surface area (Å²) in [5.74, 6) is 0.544. The number of amides is 1. The standard InChI is InChI=1S/C18H26N2OS/c1-13-3-2-4-17(11-13)22-16-7-9-20(10-8-16)18(21)14-5-6-15(19)12-14/h2-4,11,14-16H,5-10,12,19H2,1H3/t14-,15+/m0/s1. The first-order chi connectivity index (χ1) is 10.6. The number of thioether (sulfide) groups is 1. The summed E-state index contributed by atoms with van der Waals surface area (Å²) in [6, 6.07) is 8.94. The molecule has 1 aromatic rings. The van der Waals surface area contributed by atoms with Crippen LogP contribution < -0.4 is 5.73 Å². The zero-order valence-electron chi connectivity index (χ0n) is 13.3. The maximum Gasteiger partial charge on any atom is 0.225 e. The Morgan fingerprint density at radius 3 is 2.64 bits per heavy atom.